The number of amides is 2. The molecule has 10 heteroatoms. The molecule has 49 heavy (non-hydrogen) atoms. The molecule has 264 valence electrons. The Balaban J connectivity index is 1.36. The Labute approximate surface area is 290 Å². The number of carbonyl (C=O) groups excluding carboxylic acids is 2. The number of benzene rings is 2. The fourth-order valence-electron chi connectivity index (χ4n) is 6.86. The molecule has 0 unspecified atom stereocenters. The minimum absolute atomic E-state index is 0.150. The number of ether oxygens (including phenoxy) is 2. The average molecular weight is 672 g/mol. The van der Waals surface area contributed by atoms with Gasteiger partial charge in [0.05, 0.1) is 0 Å². The van der Waals surface area contributed by atoms with E-state index in [1.807, 2.05) is 53.7 Å². The van der Waals surface area contributed by atoms with Crippen LogP contribution in [-0.4, -0.2) is 84.4 Å². The number of anilines is 1. The SMILES string of the molecule is CCN(c1cc(-c2ccc(CN3CCN(C(=O)OC(C)(C)C)CC3)cc2)cc(C(=O)NCc2c(C)cc(C)[nH]c2=O)c1C)C1CCOCC1. The van der Waals surface area contributed by atoms with E-state index in [0.717, 1.165) is 85.9 Å². The van der Waals surface area contributed by atoms with Crippen LogP contribution in [0.4, 0.5) is 10.5 Å². The first kappa shape index (κ1) is 36.1. The predicted octanol–water partition coefficient (Wildman–Crippen LogP) is 5.96. The second-order valence-electron chi connectivity index (χ2n) is 14.4. The first-order valence-electron chi connectivity index (χ1n) is 17.6. The van der Waals surface area contributed by atoms with Gasteiger partial charge in [0, 0.05) is 87.6 Å². The van der Waals surface area contributed by atoms with E-state index in [0.29, 0.717) is 30.3 Å². The summed E-state index contributed by atoms with van der Waals surface area (Å²) in [5.41, 5.74) is 7.31. The Morgan fingerprint density at radius 1 is 0.980 bits per heavy atom. The summed E-state index contributed by atoms with van der Waals surface area (Å²) in [6.07, 6.45) is 1.63. The van der Waals surface area contributed by atoms with Gasteiger partial charge in [-0.25, -0.2) is 4.79 Å². The second kappa shape index (κ2) is 15.6. The van der Waals surface area contributed by atoms with Gasteiger partial charge >= 0.3 is 6.09 Å². The van der Waals surface area contributed by atoms with Crippen LogP contribution in [0.3, 0.4) is 0 Å². The molecule has 0 spiro atoms. The van der Waals surface area contributed by atoms with Gasteiger partial charge in [-0.15, -0.1) is 0 Å². The molecule has 3 aromatic rings. The molecule has 0 radical (unpaired) electrons. The number of hydrogen-bond donors (Lipinski definition) is 2. The van der Waals surface area contributed by atoms with Crippen molar-refractivity contribution in [3.63, 3.8) is 0 Å². The maximum absolute atomic E-state index is 13.9. The number of hydrogen-bond acceptors (Lipinski definition) is 7. The van der Waals surface area contributed by atoms with E-state index in [1.165, 1.54) is 5.56 Å². The quantitative estimate of drug-likeness (QED) is 0.289. The zero-order valence-electron chi connectivity index (χ0n) is 30.3. The van der Waals surface area contributed by atoms with E-state index in [-0.39, 0.29) is 24.1 Å². The van der Waals surface area contributed by atoms with Crippen molar-refractivity contribution in [1.29, 1.82) is 0 Å². The van der Waals surface area contributed by atoms with E-state index in [9.17, 15) is 14.4 Å². The number of piperazine rings is 1. The van der Waals surface area contributed by atoms with Crippen molar-refractivity contribution in [2.45, 2.75) is 86.0 Å². The van der Waals surface area contributed by atoms with Crippen LogP contribution < -0.4 is 15.8 Å². The number of H-pyrrole nitrogens is 1. The Morgan fingerprint density at radius 2 is 1.65 bits per heavy atom. The summed E-state index contributed by atoms with van der Waals surface area (Å²) in [6, 6.07) is 15.0. The Bertz CT molecular complexity index is 1680. The van der Waals surface area contributed by atoms with Crippen molar-refractivity contribution in [3.05, 3.63) is 86.3 Å². The number of aryl methyl sites for hydroxylation is 2. The summed E-state index contributed by atoms with van der Waals surface area (Å²) in [5, 5.41) is 3.04. The van der Waals surface area contributed by atoms with Gasteiger partial charge in [-0.05, 0) is 107 Å². The molecule has 0 aliphatic carbocycles. The number of aromatic amines is 1. The molecule has 1 aromatic heterocycles. The summed E-state index contributed by atoms with van der Waals surface area (Å²) in [6.45, 7) is 19.7. The van der Waals surface area contributed by atoms with E-state index in [2.05, 4.69) is 57.4 Å². The third kappa shape index (κ3) is 9.10. The number of aromatic nitrogens is 1. The number of rotatable bonds is 9. The zero-order valence-corrected chi connectivity index (χ0v) is 30.3. The Morgan fingerprint density at radius 3 is 2.27 bits per heavy atom. The number of nitrogens with zero attached hydrogens (tertiary/aromatic N) is 3. The fourth-order valence-corrected chi connectivity index (χ4v) is 6.86. The molecule has 2 fully saturated rings. The summed E-state index contributed by atoms with van der Waals surface area (Å²) >= 11 is 0. The highest BCUT2D eigenvalue weighted by atomic mass is 16.6. The lowest BCUT2D eigenvalue weighted by atomic mass is 9.94. The average Bonchev–Trinajstić information content (AvgIpc) is 3.05. The summed E-state index contributed by atoms with van der Waals surface area (Å²) < 4.78 is 11.2. The van der Waals surface area contributed by atoms with Crippen LogP contribution >= 0.6 is 0 Å². The highest BCUT2D eigenvalue weighted by molar-refractivity contribution is 5.99. The molecule has 5 rings (SSSR count). The van der Waals surface area contributed by atoms with Crippen molar-refractivity contribution in [3.8, 4) is 11.1 Å². The normalized spacial score (nSPS) is 16.0. The van der Waals surface area contributed by atoms with E-state index >= 15 is 0 Å². The smallest absolute Gasteiger partial charge is 0.410 e. The number of nitrogens with one attached hydrogen (secondary N) is 2. The van der Waals surface area contributed by atoms with Gasteiger partial charge in [0.2, 0.25) is 0 Å². The van der Waals surface area contributed by atoms with Gasteiger partial charge < -0.3 is 29.6 Å². The van der Waals surface area contributed by atoms with Crippen molar-refractivity contribution in [2.75, 3.05) is 50.8 Å². The van der Waals surface area contributed by atoms with Crippen molar-refractivity contribution >= 4 is 17.7 Å². The maximum Gasteiger partial charge on any atom is 0.410 e. The summed E-state index contributed by atoms with van der Waals surface area (Å²) in [4.78, 5) is 48.4. The summed E-state index contributed by atoms with van der Waals surface area (Å²) in [5.74, 6) is -0.204. The molecule has 3 heterocycles. The monoisotopic (exact) mass is 671 g/mol. The molecule has 2 aromatic carbocycles. The van der Waals surface area contributed by atoms with Crippen LogP contribution in [-0.2, 0) is 22.6 Å². The highest BCUT2D eigenvalue weighted by Gasteiger charge is 2.27. The van der Waals surface area contributed by atoms with Crippen LogP contribution in [0.2, 0.25) is 0 Å². The minimum Gasteiger partial charge on any atom is -0.444 e. The van der Waals surface area contributed by atoms with Gasteiger partial charge in [0.25, 0.3) is 11.5 Å². The van der Waals surface area contributed by atoms with Crippen LogP contribution in [0, 0.1) is 20.8 Å². The third-order valence-corrected chi connectivity index (χ3v) is 9.54. The maximum atomic E-state index is 13.9. The molecule has 0 bridgehead atoms. The topological polar surface area (TPSA) is 107 Å². The van der Waals surface area contributed by atoms with Gasteiger partial charge in [0.15, 0.2) is 0 Å². The zero-order chi connectivity index (χ0) is 35.3. The molecular weight excluding hydrogens is 618 g/mol. The molecule has 2 saturated heterocycles. The standard InChI is InChI=1S/C39H53N5O5/c1-8-44(32-13-19-48-20-14-32)35-23-31(22-33(28(35)4)36(45)40-24-34-26(2)21-27(3)41-37(34)46)30-11-9-29(10-12-30)25-42-15-17-43(18-16-42)38(47)49-39(5,6)7/h9-12,21-23,32H,8,13-20,24-25H2,1-7H3,(H,40,45)(H,41,46). The van der Waals surface area contributed by atoms with Crippen molar-refractivity contribution in [1.82, 2.24) is 20.1 Å². The minimum atomic E-state index is -0.500. The van der Waals surface area contributed by atoms with Crippen LogP contribution in [0.25, 0.3) is 11.1 Å². The Kier molecular flexibility index (Phi) is 11.5. The second-order valence-corrected chi connectivity index (χ2v) is 14.4. The highest BCUT2D eigenvalue weighted by Crippen LogP contribution is 2.34. The largest absolute Gasteiger partial charge is 0.444 e. The molecular formula is C39H53N5O5. The molecule has 0 atom stereocenters. The molecule has 2 aliphatic heterocycles. The van der Waals surface area contributed by atoms with Gasteiger partial charge in [-0.1, -0.05) is 24.3 Å². The number of pyridine rings is 1. The number of carbonyl (C=O) groups is 2. The first-order chi connectivity index (χ1) is 23.3. The van der Waals surface area contributed by atoms with Crippen LogP contribution in [0.15, 0.2) is 47.3 Å². The van der Waals surface area contributed by atoms with Crippen LogP contribution in [0.1, 0.15) is 78.8 Å². The lowest BCUT2D eigenvalue weighted by Crippen LogP contribution is -2.49. The molecule has 2 aliphatic rings. The molecule has 0 saturated carbocycles. The lowest BCUT2D eigenvalue weighted by molar-refractivity contribution is 0.0139. The van der Waals surface area contributed by atoms with E-state index in [4.69, 9.17) is 9.47 Å². The van der Waals surface area contributed by atoms with Gasteiger partial charge in [-0.3, -0.25) is 14.5 Å². The molecule has 2 N–H and O–H groups in total. The Hall–Kier alpha value is -4.15. The summed E-state index contributed by atoms with van der Waals surface area (Å²) in [7, 11) is 0. The van der Waals surface area contributed by atoms with Crippen molar-refractivity contribution in [2.24, 2.45) is 0 Å². The van der Waals surface area contributed by atoms with Crippen LogP contribution in [0.5, 0.6) is 0 Å². The van der Waals surface area contributed by atoms with Crippen molar-refractivity contribution < 1.29 is 19.1 Å². The first-order valence-corrected chi connectivity index (χ1v) is 17.6. The molecule has 10 nitrogen and oxygen atoms in total. The lowest BCUT2D eigenvalue weighted by Gasteiger charge is -2.37. The predicted molar refractivity (Wildman–Crippen MR) is 194 cm³/mol. The molecule has 2 amide bonds. The fraction of sp³-hybridized carbons (Fsp3) is 0.513. The van der Waals surface area contributed by atoms with E-state index < -0.39 is 5.60 Å². The van der Waals surface area contributed by atoms with E-state index in [1.54, 1.807) is 4.90 Å². The third-order valence-electron chi connectivity index (χ3n) is 9.54. The van der Waals surface area contributed by atoms with Gasteiger partial charge in [-0.2, -0.15) is 0 Å². The van der Waals surface area contributed by atoms with Gasteiger partial charge in [0.1, 0.15) is 5.60 Å².